The first kappa shape index (κ1) is 20.2. The van der Waals surface area contributed by atoms with Crippen LogP contribution in [0.5, 0.6) is 0 Å². The molecule has 1 aromatic rings. The molecule has 0 radical (unpaired) electrons. The summed E-state index contributed by atoms with van der Waals surface area (Å²) in [6.45, 7) is -0.279. The molecule has 1 atom stereocenters. The van der Waals surface area contributed by atoms with Crippen molar-refractivity contribution in [1.29, 1.82) is 0 Å². The molecule has 0 heterocycles. The van der Waals surface area contributed by atoms with Crippen LogP contribution in [-0.2, 0) is 26.4 Å². The second kappa shape index (κ2) is 7.98. The zero-order chi connectivity index (χ0) is 14.0. The van der Waals surface area contributed by atoms with Crippen LogP contribution in [-0.4, -0.2) is 21.3 Å². The van der Waals surface area contributed by atoms with E-state index in [1.165, 1.54) is 0 Å². The summed E-state index contributed by atoms with van der Waals surface area (Å²) in [5, 5.41) is 0. The van der Waals surface area contributed by atoms with E-state index < -0.39 is 16.7 Å². The van der Waals surface area contributed by atoms with Crippen LogP contribution in [0.15, 0.2) is 24.3 Å². The van der Waals surface area contributed by atoms with E-state index in [1.54, 1.807) is 31.2 Å². The fourth-order valence-corrected chi connectivity index (χ4v) is 6.04. The van der Waals surface area contributed by atoms with Crippen LogP contribution in [0.4, 0.5) is 5.69 Å². The number of aryl methyl sites for hydroxylation is 1. The molecule has 0 N–H and O–H groups in total. The van der Waals surface area contributed by atoms with Crippen molar-refractivity contribution in [3.05, 3.63) is 29.8 Å². The maximum Gasteiger partial charge on any atom is 1.00 e. The number of benzene rings is 1. The Kier molecular flexibility index (Phi) is 8.47. The summed E-state index contributed by atoms with van der Waals surface area (Å²) in [6.07, 6.45) is 0.949. The van der Waals surface area contributed by atoms with Crippen molar-refractivity contribution in [3.63, 3.8) is 0 Å². The van der Waals surface area contributed by atoms with Gasteiger partial charge in [0.15, 0.2) is 0 Å². The third-order valence-electron chi connectivity index (χ3n) is 2.08. The molecule has 1 aromatic carbocycles. The molecule has 0 fully saturated rings. The van der Waals surface area contributed by atoms with Gasteiger partial charge in [0.1, 0.15) is 0 Å². The van der Waals surface area contributed by atoms with Gasteiger partial charge in [-0.25, -0.2) is 12.5 Å². The van der Waals surface area contributed by atoms with E-state index in [0.717, 1.165) is 11.8 Å². The van der Waals surface area contributed by atoms with Crippen LogP contribution in [0.3, 0.4) is 0 Å². The first-order chi connectivity index (χ1) is 8.18. The maximum atomic E-state index is 12.2. The standard InChI is InChI=1S/C10H16NO4PS2.K/c1-4-15-16(12,17)11(18(3,13)14)10-7-5-9(2)6-8-10;/h5-8H,4H2,1-3H3,(H,12,17);/q;+1/p-1. The number of hydrogen-bond acceptors (Lipinski definition) is 5. The number of nitrogens with zero attached hydrogens (tertiary/aromatic N) is 1. The zero-order valence-corrected chi connectivity index (χ0v) is 17.0. The second-order valence-corrected chi connectivity index (χ2v) is 8.81. The number of hydrogen-bond donors (Lipinski definition) is 0. The summed E-state index contributed by atoms with van der Waals surface area (Å²) >= 11 is 4.81. The molecule has 1 unspecified atom stereocenters. The van der Waals surface area contributed by atoms with Crippen LogP contribution >= 0.6 is 6.64 Å². The molecule has 0 saturated heterocycles. The predicted octanol–water partition coefficient (Wildman–Crippen LogP) is -1.61. The van der Waals surface area contributed by atoms with Gasteiger partial charge in [0.25, 0.3) is 0 Å². The van der Waals surface area contributed by atoms with Crippen LogP contribution in [0, 0.1) is 6.92 Å². The van der Waals surface area contributed by atoms with Crippen LogP contribution in [0.25, 0.3) is 0 Å². The zero-order valence-electron chi connectivity index (χ0n) is 11.4. The van der Waals surface area contributed by atoms with E-state index in [0.29, 0.717) is 4.08 Å². The van der Waals surface area contributed by atoms with Crippen molar-refractivity contribution in [2.75, 3.05) is 16.9 Å². The van der Waals surface area contributed by atoms with Gasteiger partial charge in [-0.3, -0.25) is 0 Å². The van der Waals surface area contributed by atoms with Crippen LogP contribution in [0.2, 0.25) is 0 Å². The Labute approximate surface area is 162 Å². The predicted molar refractivity (Wildman–Crippen MR) is 74.4 cm³/mol. The van der Waals surface area contributed by atoms with Gasteiger partial charge in [0.2, 0.25) is 10.0 Å². The average molecular weight is 347 g/mol. The summed E-state index contributed by atoms with van der Waals surface area (Å²) in [6, 6.07) is 6.53. The Morgan fingerprint density at radius 1 is 1.37 bits per heavy atom. The summed E-state index contributed by atoms with van der Waals surface area (Å²) in [5.41, 5.74) is 1.21. The smallest absolute Gasteiger partial charge is 0.784 e. The molecule has 0 aliphatic rings. The van der Waals surface area contributed by atoms with Gasteiger partial charge in [-0.2, -0.15) is 0 Å². The Morgan fingerprint density at radius 3 is 2.21 bits per heavy atom. The average Bonchev–Trinajstić information content (AvgIpc) is 2.18. The van der Waals surface area contributed by atoms with Crippen molar-refractivity contribution >= 4 is 34.2 Å². The van der Waals surface area contributed by atoms with E-state index in [2.05, 4.69) is 0 Å². The fraction of sp³-hybridized carbons (Fsp3) is 0.400. The molecule has 102 valence electrons. The third kappa shape index (κ3) is 5.82. The second-order valence-electron chi connectivity index (χ2n) is 3.73. The molecule has 5 nitrogen and oxygen atoms in total. The van der Waals surface area contributed by atoms with Crippen molar-refractivity contribution in [2.24, 2.45) is 0 Å². The van der Waals surface area contributed by atoms with Crippen molar-refractivity contribution in [1.82, 2.24) is 0 Å². The van der Waals surface area contributed by atoms with Crippen LogP contribution < -0.4 is 60.4 Å². The summed E-state index contributed by atoms with van der Waals surface area (Å²) < 4.78 is 29.1. The minimum atomic E-state index is -3.83. The summed E-state index contributed by atoms with van der Waals surface area (Å²) in [4.78, 5) is 12.2. The molecular weight excluding hydrogens is 332 g/mol. The van der Waals surface area contributed by atoms with E-state index >= 15 is 0 Å². The Hall–Kier alpha value is 1.18. The number of sulfonamides is 1. The van der Waals surface area contributed by atoms with Gasteiger partial charge in [-0.05, 0) is 26.0 Å². The topological polar surface area (TPSA) is 69.7 Å². The first-order valence-electron chi connectivity index (χ1n) is 5.21. The SMILES string of the molecule is CCOP([O-])(=S)N(c1ccc(C)cc1)S(C)(=O)=O.[K+]. The minimum absolute atomic E-state index is 0. The maximum absolute atomic E-state index is 12.2. The molecule has 19 heavy (non-hydrogen) atoms. The van der Waals surface area contributed by atoms with E-state index in [-0.39, 0.29) is 63.7 Å². The molecule has 0 bridgehead atoms. The Bertz CT molecular complexity index is 561. The fourth-order valence-electron chi connectivity index (χ4n) is 1.40. The van der Waals surface area contributed by atoms with Crippen molar-refractivity contribution < 1.29 is 69.2 Å². The molecule has 0 spiro atoms. The van der Waals surface area contributed by atoms with Gasteiger partial charge < -0.3 is 9.42 Å². The molecule has 1 rings (SSSR count). The normalized spacial score (nSPS) is 14.3. The van der Waals surface area contributed by atoms with Gasteiger partial charge >= 0.3 is 51.4 Å². The van der Waals surface area contributed by atoms with Gasteiger partial charge in [-0.1, -0.05) is 29.5 Å². The summed E-state index contributed by atoms with van der Waals surface area (Å²) in [7, 11) is -3.77. The number of rotatable bonds is 5. The van der Waals surface area contributed by atoms with Gasteiger partial charge in [0, 0.05) is 6.61 Å². The molecule has 0 aromatic heterocycles. The largest absolute Gasteiger partial charge is 1.00 e. The third-order valence-corrected chi connectivity index (χ3v) is 6.83. The van der Waals surface area contributed by atoms with Gasteiger partial charge in [-0.15, -0.1) is 0 Å². The van der Waals surface area contributed by atoms with Gasteiger partial charge in [0.05, 0.1) is 18.6 Å². The Morgan fingerprint density at radius 2 is 1.84 bits per heavy atom. The Balaban J connectivity index is 0.00000324. The van der Waals surface area contributed by atoms with Crippen LogP contribution in [0.1, 0.15) is 12.5 Å². The van der Waals surface area contributed by atoms with E-state index in [4.69, 9.17) is 16.3 Å². The molecule has 0 aliphatic carbocycles. The summed E-state index contributed by atoms with van der Waals surface area (Å²) in [5.74, 6) is 0. The molecule has 0 saturated carbocycles. The molecule has 0 aliphatic heterocycles. The monoisotopic (exact) mass is 347 g/mol. The van der Waals surface area contributed by atoms with E-state index in [1.807, 2.05) is 6.92 Å². The first-order valence-corrected chi connectivity index (χ1v) is 9.65. The molecular formula is C10H15KNO4PS2. The quantitative estimate of drug-likeness (QED) is 0.473. The van der Waals surface area contributed by atoms with Crippen molar-refractivity contribution in [3.8, 4) is 0 Å². The number of anilines is 1. The molecule has 0 amide bonds. The minimum Gasteiger partial charge on any atom is -0.784 e. The molecule has 9 heteroatoms. The van der Waals surface area contributed by atoms with E-state index in [9.17, 15) is 13.3 Å². The van der Waals surface area contributed by atoms with Crippen molar-refractivity contribution in [2.45, 2.75) is 13.8 Å².